The summed E-state index contributed by atoms with van der Waals surface area (Å²) in [6.07, 6.45) is 2.45. The summed E-state index contributed by atoms with van der Waals surface area (Å²) in [5, 5.41) is 2.95. The maximum Gasteiger partial charge on any atom is 0.243 e. The normalized spacial score (nSPS) is 14.8. The molecule has 0 spiro atoms. The van der Waals surface area contributed by atoms with Gasteiger partial charge >= 0.3 is 0 Å². The summed E-state index contributed by atoms with van der Waals surface area (Å²) in [6, 6.07) is 13.2. The summed E-state index contributed by atoms with van der Waals surface area (Å²) in [5.74, 6) is 0.524. The molecule has 1 heterocycles. The van der Waals surface area contributed by atoms with Crippen LogP contribution in [-0.2, 0) is 32.4 Å². The molecule has 0 aliphatic carbocycles. The van der Waals surface area contributed by atoms with Crippen LogP contribution in [0.15, 0.2) is 47.4 Å². The Morgan fingerprint density at radius 2 is 1.91 bits per heavy atom. The maximum absolute atomic E-state index is 12.9. The average molecular weight is 461 g/mol. The standard InChI is InChI=1S/C24H32N2O5S/c1-19-5-3-6-20(17-19)7-4-12-25-24(27)11-8-21-18-22(9-10-23(21)30-2)32(28,29)26-13-15-31-16-14-26/h3,5-6,9-10,17-18H,4,7-8,11-16H2,1-2H3,(H,25,27). The molecule has 1 amide bonds. The number of methoxy groups -OCH3 is 1. The monoisotopic (exact) mass is 460 g/mol. The van der Waals surface area contributed by atoms with E-state index in [1.165, 1.54) is 15.4 Å². The third-order valence-corrected chi connectivity index (χ3v) is 7.42. The van der Waals surface area contributed by atoms with E-state index in [9.17, 15) is 13.2 Å². The Labute approximate surface area is 190 Å². The summed E-state index contributed by atoms with van der Waals surface area (Å²) in [6.45, 7) is 4.15. The van der Waals surface area contributed by atoms with Crippen molar-refractivity contribution in [2.75, 3.05) is 40.0 Å². The lowest BCUT2D eigenvalue weighted by Crippen LogP contribution is -2.40. The summed E-state index contributed by atoms with van der Waals surface area (Å²) in [5.41, 5.74) is 3.21. The van der Waals surface area contributed by atoms with E-state index in [0.717, 1.165) is 12.8 Å². The highest BCUT2D eigenvalue weighted by Gasteiger charge is 2.27. The number of hydrogen-bond acceptors (Lipinski definition) is 5. The van der Waals surface area contributed by atoms with Gasteiger partial charge in [-0.2, -0.15) is 4.31 Å². The molecule has 1 fully saturated rings. The zero-order valence-corrected chi connectivity index (χ0v) is 19.6. The first-order chi connectivity index (χ1) is 15.4. The van der Waals surface area contributed by atoms with Gasteiger partial charge in [0.15, 0.2) is 0 Å². The lowest BCUT2D eigenvalue weighted by Gasteiger charge is -2.26. The van der Waals surface area contributed by atoms with Gasteiger partial charge in [0.05, 0.1) is 25.2 Å². The van der Waals surface area contributed by atoms with Crippen LogP contribution < -0.4 is 10.1 Å². The molecular formula is C24H32N2O5S. The number of carbonyl (C=O) groups excluding carboxylic acids is 1. The van der Waals surface area contributed by atoms with Crippen LogP contribution in [0.25, 0.3) is 0 Å². The zero-order chi connectivity index (χ0) is 23.0. The number of rotatable bonds is 10. The Bertz CT molecular complexity index is 1020. The third kappa shape index (κ3) is 6.54. The van der Waals surface area contributed by atoms with Crippen molar-refractivity contribution in [3.63, 3.8) is 0 Å². The van der Waals surface area contributed by atoms with E-state index in [4.69, 9.17) is 9.47 Å². The quantitative estimate of drug-likeness (QED) is 0.551. The molecule has 1 aliphatic heterocycles. The zero-order valence-electron chi connectivity index (χ0n) is 18.8. The largest absolute Gasteiger partial charge is 0.496 e. The minimum atomic E-state index is -3.60. The van der Waals surface area contributed by atoms with Crippen molar-refractivity contribution in [2.45, 2.75) is 37.5 Å². The molecule has 3 rings (SSSR count). The molecule has 0 saturated carbocycles. The Balaban J connectivity index is 1.54. The van der Waals surface area contributed by atoms with Crippen LogP contribution in [0.5, 0.6) is 5.75 Å². The molecule has 7 nitrogen and oxygen atoms in total. The summed E-state index contributed by atoms with van der Waals surface area (Å²) >= 11 is 0. The first-order valence-electron chi connectivity index (χ1n) is 11.0. The molecule has 0 bridgehead atoms. The van der Waals surface area contributed by atoms with Crippen molar-refractivity contribution >= 4 is 15.9 Å². The molecule has 1 N–H and O–H groups in total. The third-order valence-electron chi connectivity index (χ3n) is 5.53. The first-order valence-corrected chi connectivity index (χ1v) is 12.4. The smallest absolute Gasteiger partial charge is 0.243 e. The van der Waals surface area contributed by atoms with Crippen molar-refractivity contribution in [3.8, 4) is 5.75 Å². The number of benzene rings is 2. The molecule has 1 aliphatic rings. The van der Waals surface area contributed by atoms with Gasteiger partial charge in [0.25, 0.3) is 0 Å². The molecule has 0 unspecified atom stereocenters. The minimum Gasteiger partial charge on any atom is -0.496 e. The van der Waals surface area contributed by atoms with E-state index < -0.39 is 10.0 Å². The van der Waals surface area contributed by atoms with Crippen molar-refractivity contribution in [2.24, 2.45) is 0 Å². The number of sulfonamides is 1. The van der Waals surface area contributed by atoms with E-state index in [2.05, 4.69) is 30.4 Å². The van der Waals surface area contributed by atoms with Crippen LogP contribution in [0, 0.1) is 6.92 Å². The number of hydrogen-bond donors (Lipinski definition) is 1. The van der Waals surface area contributed by atoms with Crippen molar-refractivity contribution in [1.29, 1.82) is 0 Å². The highest BCUT2D eigenvalue weighted by Crippen LogP contribution is 2.26. The summed E-state index contributed by atoms with van der Waals surface area (Å²) < 4.78 is 38.0. The van der Waals surface area contributed by atoms with Gasteiger partial charge in [0, 0.05) is 26.1 Å². The van der Waals surface area contributed by atoms with Crippen molar-refractivity contribution < 1.29 is 22.7 Å². The second kappa shape index (κ2) is 11.4. The van der Waals surface area contributed by atoms with Gasteiger partial charge in [0.1, 0.15) is 5.75 Å². The highest BCUT2D eigenvalue weighted by atomic mass is 32.2. The number of nitrogens with one attached hydrogen (secondary N) is 1. The van der Waals surface area contributed by atoms with E-state index in [-0.39, 0.29) is 17.2 Å². The van der Waals surface area contributed by atoms with Gasteiger partial charge in [-0.25, -0.2) is 8.42 Å². The van der Waals surface area contributed by atoms with Crippen LogP contribution in [-0.4, -0.2) is 58.6 Å². The molecule has 0 atom stereocenters. The number of morpholine rings is 1. The van der Waals surface area contributed by atoms with Crippen LogP contribution in [0.2, 0.25) is 0 Å². The molecule has 8 heteroatoms. The van der Waals surface area contributed by atoms with Crippen LogP contribution in [0.4, 0.5) is 0 Å². The van der Waals surface area contributed by atoms with Gasteiger partial charge < -0.3 is 14.8 Å². The van der Waals surface area contributed by atoms with Crippen LogP contribution >= 0.6 is 0 Å². The number of nitrogens with zero attached hydrogens (tertiary/aromatic N) is 1. The number of amides is 1. The number of ether oxygens (including phenoxy) is 2. The summed E-state index contributed by atoms with van der Waals surface area (Å²) in [7, 11) is -2.06. The first kappa shape index (κ1) is 24.2. The SMILES string of the molecule is COc1ccc(S(=O)(=O)N2CCOCC2)cc1CCC(=O)NCCCc1cccc(C)c1. The van der Waals surface area contributed by atoms with Crippen LogP contribution in [0.1, 0.15) is 29.5 Å². The van der Waals surface area contributed by atoms with Crippen molar-refractivity contribution in [1.82, 2.24) is 9.62 Å². The highest BCUT2D eigenvalue weighted by molar-refractivity contribution is 7.89. The van der Waals surface area contributed by atoms with Gasteiger partial charge in [-0.15, -0.1) is 0 Å². The predicted octanol–water partition coefficient (Wildman–Crippen LogP) is 2.71. The Morgan fingerprint density at radius 1 is 1.12 bits per heavy atom. The predicted molar refractivity (Wildman–Crippen MR) is 123 cm³/mol. The number of aryl methyl sites for hydroxylation is 3. The molecule has 0 aromatic heterocycles. The Morgan fingerprint density at radius 3 is 2.62 bits per heavy atom. The van der Waals surface area contributed by atoms with Crippen molar-refractivity contribution in [3.05, 3.63) is 59.2 Å². The van der Waals surface area contributed by atoms with Gasteiger partial charge in [0.2, 0.25) is 15.9 Å². The fourth-order valence-electron chi connectivity index (χ4n) is 3.77. The number of carbonyl (C=O) groups is 1. The molecule has 2 aromatic carbocycles. The van der Waals surface area contributed by atoms with E-state index >= 15 is 0 Å². The minimum absolute atomic E-state index is 0.0577. The van der Waals surface area contributed by atoms with Gasteiger partial charge in [-0.1, -0.05) is 29.8 Å². The van der Waals surface area contributed by atoms with E-state index in [1.54, 1.807) is 25.3 Å². The molecular weight excluding hydrogens is 428 g/mol. The fourth-order valence-corrected chi connectivity index (χ4v) is 5.23. The van der Waals surface area contributed by atoms with Gasteiger partial charge in [-0.05, 0) is 55.5 Å². The molecule has 32 heavy (non-hydrogen) atoms. The maximum atomic E-state index is 12.9. The molecule has 2 aromatic rings. The lowest BCUT2D eigenvalue weighted by atomic mass is 10.1. The second-order valence-corrected chi connectivity index (χ2v) is 9.87. The van der Waals surface area contributed by atoms with Crippen LogP contribution in [0.3, 0.4) is 0 Å². The topological polar surface area (TPSA) is 84.9 Å². The lowest BCUT2D eigenvalue weighted by molar-refractivity contribution is -0.121. The second-order valence-electron chi connectivity index (χ2n) is 7.93. The van der Waals surface area contributed by atoms with Gasteiger partial charge in [-0.3, -0.25) is 4.79 Å². The Hall–Kier alpha value is -2.42. The molecule has 0 radical (unpaired) electrons. The Kier molecular flexibility index (Phi) is 8.67. The summed E-state index contributed by atoms with van der Waals surface area (Å²) in [4.78, 5) is 12.5. The fraction of sp³-hybridized carbons (Fsp3) is 0.458. The van der Waals surface area contributed by atoms with E-state index in [0.29, 0.717) is 50.6 Å². The molecule has 1 saturated heterocycles. The van der Waals surface area contributed by atoms with E-state index in [1.807, 2.05) is 6.07 Å². The average Bonchev–Trinajstić information content (AvgIpc) is 2.81. The molecule has 174 valence electrons.